The molecule has 41 heavy (non-hydrogen) atoms. The summed E-state index contributed by atoms with van der Waals surface area (Å²) in [5.41, 5.74) is 1.77. The first-order valence-electron chi connectivity index (χ1n) is 14.1. The van der Waals surface area contributed by atoms with Gasteiger partial charge in [-0.2, -0.15) is 11.8 Å². The molecule has 3 rings (SSSR count). The number of thioether (sulfide) groups is 1. The fourth-order valence-electron chi connectivity index (χ4n) is 4.65. The number of anilines is 1. The fraction of sp³-hybridized carbons (Fsp3) is 0.424. The Kier molecular flexibility index (Phi) is 11.2. The van der Waals surface area contributed by atoms with Gasteiger partial charge >= 0.3 is 6.09 Å². The molecule has 0 aliphatic carbocycles. The number of carbonyl (C=O) groups is 3. The molecule has 220 valence electrons. The molecule has 0 aliphatic rings. The standard InChI is InChI=1S/C33H43N3O4S/c1-8-23-13-15-25(16-14-23)29(30(37)34-27-18-17-24-11-9-10-12-26(24)21-27)36(22(2)3)31(38)28(19-20-41-7)35-32(39)40-33(4,5)6/h9-18,21-22,28-29H,8,19-20H2,1-7H3,(H,34,37)(H,35,39). The molecule has 8 heteroatoms. The van der Waals surface area contributed by atoms with Crippen LogP contribution in [0.1, 0.15) is 65.1 Å². The highest BCUT2D eigenvalue weighted by atomic mass is 32.2. The largest absolute Gasteiger partial charge is 0.444 e. The second-order valence-corrected chi connectivity index (χ2v) is 12.4. The van der Waals surface area contributed by atoms with Crippen LogP contribution < -0.4 is 10.6 Å². The lowest BCUT2D eigenvalue weighted by atomic mass is 9.98. The quantitative estimate of drug-likeness (QED) is 0.257. The number of carbonyl (C=O) groups excluding carboxylic acids is 3. The zero-order valence-electron chi connectivity index (χ0n) is 25.2. The van der Waals surface area contributed by atoms with Gasteiger partial charge in [-0.05, 0) is 93.5 Å². The van der Waals surface area contributed by atoms with Gasteiger partial charge in [-0.1, -0.05) is 61.5 Å². The van der Waals surface area contributed by atoms with Gasteiger partial charge in [0.15, 0.2) is 0 Å². The van der Waals surface area contributed by atoms with Crippen LogP contribution in [0.4, 0.5) is 10.5 Å². The first-order chi connectivity index (χ1) is 19.4. The summed E-state index contributed by atoms with van der Waals surface area (Å²) in [7, 11) is 0. The van der Waals surface area contributed by atoms with Gasteiger partial charge in [0.1, 0.15) is 17.7 Å². The zero-order chi connectivity index (χ0) is 30.2. The van der Waals surface area contributed by atoms with Crippen molar-refractivity contribution in [2.45, 2.75) is 78.1 Å². The Bertz CT molecular complexity index is 1330. The molecule has 2 unspecified atom stereocenters. The predicted molar refractivity (Wildman–Crippen MR) is 169 cm³/mol. The van der Waals surface area contributed by atoms with E-state index in [2.05, 4.69) is 17.6 Å². The number of rotatable bonds is 11. The lowest BCUT2D eigenvalue weighted by molar-refractivity contribution is -0.143. The summed E-state index contributed by atoms with van der Waals surface area (Å²) in [5.74, 6) is -0.0114. The maximum atomic E-state index is 14.2. The molecule has 0 saturated carbocycles. The summed E-state index contributed by atoms with van der Waals surface area (Å²) in [6.07, 6.45) is 2.54. The zero-order valence-corrected chi connectivity index (χ0v) is 26.0. The van der Waals surface area contributed by atoms with E-state index < -0.39 is 23.8 Å². The lowest BCUT2D eigenvalue weighted by Crippen LogP contribution is -2.54. The molecule has 0 bridgehead atoms. The van der Waals surface area contributed by atoms with Gasteiger partial charge in [0.2, 0.25) is 5.91 Å². The maximum absolute atomic E-state index is 14.2. The average molecular weight is 578 g/mol. The Morgan fingerprint density at radius 2 is 1.61 bits per heavy atom. The van der Waals surface area contributed by atoms with Crippen LogP contribution in [-0.4, -0.2) is 52.5 Å². The Labute approximate surface area is 248 Å². The normalized spacial score (nSPS) is 13.0. The lowest BCUT2D eigenvalue weighted by Gasteiger charge is -2.37. The Morgan fingerprint density at radius 3 is 2.20 bits per heavy atom. The van der Waals surface area contributed by atoms with Crippen molar-refractivity contribution in [1.82, 2.24) is 10.2 Å². The molecule has 3 amide bonds. The minimum absolute atomic E-state index is 0.326. The van der Waals surface area contributed by atoms with E-state index in [1.807, 2.05) is 86.8 Å². The summed E-state index contributed by atoms with van der Waals surface area (Å²) < 4.78 is 5.46. The van der Waals surface area contributed by atoms with E-state index in [1.54, 1.807) is 37.4 Å². The molecule has 2 N–H and O–H groups in total. The number of fused-ring (bicyclic) bond motifs is 1. The first kappa shape index (κ1) is 32.0. The minimum Gasteiger partial charge on any atom is -0.444 e. The number of amides is 3. The van der Waals surface area contributed by atoms with E-state index in [9.17, 15) is 14.4 Å². The topological polar surface area (TPSA) is 87.7 Å². The number of alkyl carbamates (subject to hydrolysis) is 1. The van der Waals surface area contributed by atoms with Gasteiger partial charge < -0.3 is 20.3 Å². The Balaban J connectivity index is 2.01. The molecule has 3 aromatic rings. The van der Waals surface area contributed by atoms with E-state index in [0.717, 1.165) is 22.8 Å². The number of nitrogens with one attached hydrogen (secondary N) is 2. The number of hydrogen-bond donors (Lipinski definition) is 2. The van der Waals surface area contributed by atoms with E-state index >= 15 is 0 Å². The van der Waals surface area contributed by atoms with E-state index in [-0.39, 0.29) is 17.9 Å². The highest BCUT2D eigenvalue weighted by Crippen LogP contribution is 2.28. The molecule has 2 atom stereocenters. The summed E-state index contributed by atoms with van der Waals surface area (Å²) in [5, 5.41) is 7.91. The maximum Gasteiger partial charge on any atom is 0.408 e. The van der Waals surface area contributed by atoms with Gasteiger partial charge in [0, 0.05) is 11.7 Å². The molecule has 7 nitrogen and oxygen atoms in total. The Morgan fingerprint density at radius 1 is 0.951 bits per heavy atom. The van der Waals surface area contributed by atoms with Crippen molar-refractivity contribution in [2.24, 2.45) is 0 Å². The average Bonchev–Trinajstić information content (AvgIpc) is 2.92. The summed E-state index contributed by atoms with van der Waals surface area (Å²) in [6, 6.07) is 19.4. The Hall–Kier alpha value is -3.52. The smallest absolute Gasteiger partial charge is 0.408 e. The molecular formula is C33H43N3O4S. The van der Waals surface area contributed by atoms with Gasteiger partial charge in [-0.3, -0.25) is 9.59 Å². The first-order valence-corrected chi connectivity index (χ1v) is 15.5. The molecular weight excluding hydrogens is 534 g/mol. The van der Waals surface area contributed by atoms with Crippen LogP contribution in [0.2, 0.25) is 0 Å². The van der Waals surface area contributed by atoms with E-state index in [4.69, 9.17) is 4.74 Å². The third-order valence-corrected chi connectivity index (χ3v) is 7.30. The highest BCUT2D eigenvalue weighted by Gasteiger charge is 2.37. The van der Waals surface area contributed by atoms with Crippen LogP contribution in [0, 0.1) is 0 Å². The van der Waals surface area contributed by atoms with E-state index in [1.165, 1.54) is 0 Å². The van der Waals surface area contributed by atoms with Gasteiger partial charge in [0.05, 0.1) is 0 Å². The monoisotopic (exact) mass is 577 g/mol. The van der Waals surface area contributed by atoms with Gasteiger partial charge in [0.25, 0.3) is 5.91 Å². The number of ether oxygens (including phenoxy) is 1. The van der Waals surface area contributed by atoms with Crippen LogP contribution in [0.5, 0.6) is 0 Å². The molecule has 0 spiro atoms. The molecule has 0 aliphatic heterocycles. The van der Waals surface area contributed by atoms with Crippen LogP contribution >= 0.6 is 11.8 Å². The number of hydrogen-bond acceptors (Lipinski definition) is 5. The second kappa shape index (κ2) is 14.4. The van der Waals surface area contributed by atoms with Crippen LogP contribution in [0.15, 0.2) is 66.7 Å². The SMILES string of the molecule is CCc1ccc(C(C(=O)Nc2ccc3ccccc3c2)N(C(=O)C(CCSC)NC(=O)OC(C)(C)C)C(C)C)cc1. The summed E-state index contributed by atoms with van der Waals surface area (Å²) in [6.45, 7) is 11.2. The third kappa shape index (κ3) is 8.98. The van der Waals surface area contributed by atoms with E-state index in [0.29, 0.717) is 23.4 Å². The van der Waals surface area contributed by atoms with Crippen molar-refractivity contribution in [3.05, 3.63) is 77.9 Å². The van der Waals surface area contributed by atoms with Crippen molar-refractivity contribution >= 4 is 46.1 Å². The van der Waals surface area contributed by atoms with Crippen LogP contribution in [0.3, 0.4) is 0 Å². The molecule has 3 aromatic carbocycles. The second-order valence-electron chi connectivity index (χ2n) is 11.4. The molecule has 0 heterocycles. The van der Waals surface area contributed by atoms with Gasteiger partial charge in [-0.15, -0.1) is 0 Å². The number of aryl methyl sites for hydroxylation is 1. The van der Waals surface area contributed by atoms with Gasteiger partial charge in [-0.25, -0.2) is 4.79 Å². The minimum atomic E-state index is -0.919. The number of nitrogens with zero attached hydrogens (tertiary/aromatic N) is 1. The van der Waals surface area contributed by atoms with Crippen molar-refractivity contribution in [3.63, 3.8) is 0 Å². The molecule has 0 saturated heterocycles. The summed E-state index contributed by atoms with van der Waals surface area (Å²) in [4.78, 5) is 42.6. The van der Waals surface area contributed by atoms with Crippen molar-refractivity contribution < 1.29 is 19.1 Å². The molecule has 0 radical (unpaired) electrons. The highest BCUT2D eigenvalue weighted by molar-refractivity contribution is 7.98. The number of benzene rings is 3. The van der Waals surface area contributed by atoms with Crippen molar-refractivity contribution in [3.8, 4) is 0 Å². The molecule has 0 aromatic heterocycles. The van der Waals surface area contributed by atoms with Crippen LogP contribution in [-0.2, 0) is 20.7 Å². The predicted octanol–water partition coefficient (Wildman–Crippen LogP) is 6.97. The third-order valence-electron chi connectivity index (χ3n) is 6.66. The van der Waals surface area contributed by atoms with Crippen molar-refractivity contribution in [1.29, 1.82) is 0 Å². The molecule has 0 fully saturated rings. The fourth-order valence-corrected chi connectivity index (χ4v) is 5.13. The summed E-state index contributed by atoms with van der Waals surface area (Å²) >= 11 is 1.58. The van der Waals surface area contributed by atoms with Crippen molar-refractivity contribution in [2.75, 3.05) is 17.3 Å². The van der Waals surface area contributed by atoms with Crippen LogP contribution in [0.25, 0.3) is 10.8 Å².